The Balaban J connectivity index is 3.64. The highest BCUT2D eigenvalue weighted by molar-refractivity contribution is 6.68. The van der Waals surface area contributed by atoms with Crippen LogP contribution in [-0.4, -0.2) is 27.5 Å². The summed E-state index contributed by atoms with van der Waals surface area (Å²) in [6.45, 7) is 2.00. The molecule has 0 spiro atoms. The first-order chi connectivity index (χ1) is 5.85. The number of halogens is 3. The van der Waals surface area contributed by atoms with Gasteiger partial charge < -0.3 is 10.4 Å². The number of amides is 1. The second-order valence-electron chi connectivity index (χ2n) is 2.66. The molecule has 13 heavy (non-hydrogen) atoms. The Labute approximate surface area is 92.3 Å². The van der Waals surface area contributed by atoms with Crippen molar-refractivity contribution in [2.24, 2.45) is 0 Å². The van der Waals surface area contributed by atoms with Crippen LogP contribution in [0.5, 0.6) is 0 Å². The van der Waals surface area contributed by atoms with Crippen LogP contribution in [0.4, 0.5) is 0 Å². The number of carbonyl (C=O) groups excluding carboxylic acids is 1. The summed E-state index contributed by atoms with van der Waals surface area (Å²) < 4.78 is -1.57. The molecule has 78 valence electrons. The fraction of sp³-hybridized carbons (Fsp3) is 0.857. The number of aliphatic hydroxyl groups is 1. The highest BCUT2D eigenvalue weighted by Gasteiger charge is 2.23. The molecule has 0 saturated heterocycles. The summed E-state index contributed by atoms with van der Waals surface area (Å²) in [5.41, 5.74) is 0. The van der Waals surface area contributed by atoms with Gasteiger partial charge in [0.1, 0.15) is 0 Å². The van der Waals surface area contributed by atoms with Crippen molar-refractivity contribution < 1.29 is 9.90 Å². The molecule has 0 bridgehead atoms. The molecule has 1 unspecified atom stereocenters. The summed E-state index contributed by atoms with van der Waals surface area (Å²) in [5.74, 6) is -0.382. The quantitative estimate of drug-likeness (QED) is 0.743. The first-order valence-corrected chi connectivity index (χ1v) is 5.00. The van der Waals surface area contributed by atoms with Gasteiger partial charge in [0.2, 0.25) is 5.91 Å². The SMILES string of the molecule is CCC(O)CNC(=O)CC(Cl)(Cl)Cl. The van der Waals surface area contributed by atoms with Crippen LogP contribution in [0, 0.1) is 0 Å². The highest BCUT2D eigenvalue weighted by atomic mass is 35.6. The predicted molar refractivity (Wildman–Crippen MR) is 54.2 cm³/mol. The molecule has 0 rings (SSSR count). The van der Waals surface area contributed by atoms with E-state index in [4.69, 9.17) is 39.9 Å². The standard InChI is InChI=1S/C7H12Cl3NO2/c1-2-5(12)4-11-6(13)3-7(8,9)10/h5,12H,2-4H2,1H3,(H,11,13). The third kappa shape index (κ3) is 8.63. The van der Waals surface area contributed by atoms with E-state index in [9.17, 15) is 4.79 Å². The summed E-state index contributed by atoms with van der Waals surface area (Å²) in [7, 11) is 0. The average Bonchev–Trinajstić information content (AvgIpc) is 1.97. The minimum atomic E-state index is -1.57. The molecule has 1 amide bonds. The molecule has 0 aromatic carbocycles. The average molecular weight is 249 g/mol. The van der Waals surface area contributed by atoms with Gasteiger partial charge in [-0.2, -0.15) is 0 Å². The van der Waals surface area contributed by atoms with Crippen molar-refractivity contribution >= 4 is 40.7 Å². The maximum absolute atomic E-state index is 11.0. The Bertz CT molecular complexity index is 170. The Kier molecular flexibility index (Phi) is 6.05. The van der Waals surface area contributed by atoms with Gasteiger partial charge in [-0.15, -0.1) is 0 Å². The number of nitrogens with one attached hydrogen (secondary N) is 1. The summed E-state index contributed by atoms with van der Waals surface area (Å²) in [5, 5.41) is 11.5. The molecule has 2 N–H and O–H groups in total. The van der Waals surface area contributed by atoms with Crippen molar-refractivity contribution in [2.45, 2.75) is 29.7 Å². The molecule has 0 aromatic heterocycles. The lowest BCUT2D eigenvalue weighted by Gasteiger charge is -2.12. The zero-order chi connectivity index (χ0) is 10.5. The van der Waals surface area contributed by atoms with E-state index >= 15 is 0 Å². The molecule has 6 heteroatoms. The van der Waals surface area contributed by atoms with Gasteiger partial charge in [-0.25, -0.2) is 0 Å². The summed E-state index contributed by atoms with van der Waals surface area (Å²) >= 11 is 16.2. The highest BCUT2D eigenvalue weighted by Crippen LogP contribution is 2.29. The van der Waals surface area contributed by atoms with Crippen LogP contribution in [-0.2, 0) is 4.79 Å². The molecule has 0 heterocycles. The number of hydrogen-bond donors (Lipinski definition) is 2. The third-order valence-corrected chi connectivity index (χ3v) is 1.77. The first-order valence-electron chi connectivity index (χ1n) is 3.86. The Morgan fingerprint density at radius 2 is 2.08 bits per heavy atom. The van der Waals surface area contributed by atoms with Crippen LogP contribution in [0.2, 0.25) is 0 Å². The number of hydrogen-bond acceptors (Lipinski definition) is 2. The van der Waals surface area contributed by atoms with E-state index in [0.717, 1.165) is 0 Å². The van der Waals surface area contributed by atoms with Crippen LogP contribution >= 0.6 is 34.8 Å². The van der Waals surface area contributed by atoms with E-state index in [1.807, 2.05) is 6.92 Å². The first kappa shape index (κ1) is 13.3. The smallest absolute Gasteiger partial charge is 0.224 e. The molecular weight excluding hydrogens is 236 g/mol. The lowest BCUT2D eigenvalue weighted by molar-refractivity contribution is -0.121. The monoisotopic (exact) mass is 247 g/mol. The zero-order valence-electron chi connectivity index (χ0n) is 7.19. The fourth-order valence-electron chi connectivity index (χ4n) is 0.621. The lowest BCUT2D eigenvalue weighted by atomic mass is 10.3. The van der Waals surface area contributed by atoms with Crippen molar-refractivity contribution in [1.29, 1.82) is 0 Å². The van der Waals surface area contributed by atoms with Crippen molar-refractivity contribution in [3.05, 3.63) is 0 Å². The largest absolute Gasteiger partial charge is 0.391 e. The second-order valence-corrected chi connectivity index (χ2v) is 5.17. The second kappa shape index (κ2) is 5.91. The Morgan fingerprint density at radius 3 is 2.46 bits per heavy atom. The number of rotatable bonds is 4. The van der Waals surface area contributed by atoms with Gasteiger partial charge in [0, 0.05) is 6.54 Å². The lowest BCUT2D eigenvalue weighted by Crippen LogP contribution is -2.33. The number of alkyl halides is 3. The van der Waals surface area contributed by atoms with Gasteiger partial charge >= 0.3 is 0 Å². The van der Waals surface area contributed by atoms with Gasteiger partial charge in [0.25, 0.3) is 0 Å². The predicted octanol–water partition coefficient (Wildman–Crippen LogP) is 1.63. The van der Waals surface area contributed by atoms with Crippen molar-refractivity contribution in [1.82, 2.24) is 5.32 Å². The van der Waals surface area contributed by atoms with Crippen LogP contribution in [0.3, 0.4) is 0 Å². The molecule has 1 atom stereocenters. The van der Waals surface area contributed by atoms with Crippen molar-refractivity contribution in [3.8, 4) is 0 Å². The Morgan fingerprint density at radius 1 is 1.54 bits per heavy atom. The van der Waals surface area contributed by atoms with Crippen LogP contribution in [0.15, 0.2) is 0 Å². The molecular formula is C7H12Cl3NO2. The Hall–Kier alpha value is 0.300. The van der Waals surface area contributed by atoms with Gasteiger partial charge in [0.05, 0.1) is 12.5 Å². The van der Waals surface area contributed by atoms with E-state index in [2.05, 4.69) is 5.32 Å². The van der Waals surface area contributed by atoms with Crippen molar-refractivity contribution in [2.75, 3.05) is 6.54 Å². The van der Waals surface area contributed by atoms with Gasteiger partial charge in [-0.05, 0) is 6.42 Å². The van der Waals surface area contributed by atoms with E-state index in [1.165, 1.54) is 0 Å². The maximum Gasteiger partial charge on any atom is 0.224 e. The third-order valence-electron chi connectivity index (χ3n) is 1.37. The number of aliphatic hydroxyl groups excluding tert-OH is 1. The van der Waals surface area contributed by atoms with Crippen LogP contribution in [0.1, 0.15) is 19.8 Å². The minimum absolute atomic E-state index is 0.191. The molecule has 0 aliphatic heterocycles. The molecule has 0 aromatic rings. The van der Waals surface area contributed by atoms with Crippen molar-refractivity contribution in [3.63, 3.8) is 0 Å². The van der Waals surface area contributed by atoms with Gasteiger partial charge in [-0.1, -0.05) is 41.7 Å². The molecule has 0 fully saturated rings. The van der Waals surface area contributed by atoms with E-state index in [0.29, 0.717) is 6.42 Å². The topological polar surface area (TPSA) is 49.3 Å². The van der Waals surface area contributed by atoms with E-state index in [1.54, 1.807) is 0 Å². The summed E-state index contributed by atoms with van der Waals surface area (Å²) in [6.07, 6.45) is -0.165. The normalized spacial score (nSPS) is 13.9. The molecule has 0 saturated carbocycles. The minimum Gasteiger partial charge on any atom is -0.391 e. The molecule has 3 nitrogen and oxygen atoms in total. The fourth-order valence-corrected chi connectivity index (χ4v) is 0.985. The van der Waals surface area contributed by atoms with Crippen LogP contribution in [0.25, 0.3) is 0 Å². The summed E-state index contributed by atoms with van der Waals surface area (Å²) in [4.78, 5) is 11.0. The van der Waals surface area contributed by atoms with E-state index < -0.39 is 9.90 Å². The molecule has 0 aliphatic rings. The molecule has 0 radical (unpaired) electrons. The van der Waals surface area contributed by atoms with Gasteiger partial charge in [0.15, 0.2) is 3.79 Å². The summed E-state index contributed by atoms with van der Waals surface area (Å²) in [6, 6.07) is 0. The maximum atomic E-state index is 11.0. The zero-order valence-corrected chi connectivity index (χ0v) is 9.46. The van der Waals surface area contributed by atoms with Crippen LogP contribution < -0.4 is 5.32 Å². The number of carbonyl (C=O) groups is 1. The molecule has 0 aliphatic carbocycles. The van der Waals surface area contributed by atoms with E-state index in [-0.39, 0.29) is 18.9 Å². The van der Waals surface area contributed by atoms with Gasteiger partial charge in [-0.3, -0.25) is 4.79 Å².